The first-order valence-corrected chi connectivity index (χ1v) is 6.59. The van der Waals surface area contributed by atoms with Crippen LogP contribution >= 0.6 is 0 Å². The van der Waals surface area contributed by atoms with Crippen molar-refractivity contribution in [1.29, 1.82) is 0 Å². The van der Waals surface area contributed by atoms with Gasteiger partial charge in [0, 0.05) is 0 Å². The second-order valence-corrected chi connectivity index (χ2v) is 4.82. The molecule has 2 aromatic rings. The molecule has 0 saturated carbocycles. The van der Waals surface area contributed by atoms with Crippen molar-refractivity contribution in [2.75, 3.05) is 0 Å². The fourth-order valence-corrected chi connectivity index (χ4v) is 2.22. The number of aromatic nitrogens is 1. The first kappa shape index (κ1) is 14.1. The van der Waals surface area contributed by atoms with Crippen LogP contribution < -0.4 is 5.56 Å². The molecule has 0 fully saturated rings. The molecular weight excluding hydrogens is 254 g/mol. The lowest BCUT2D eigenvalue weighted by molar-refractivity contribution is 0.0695. The van der Waals surface area contributed by atoms with Crippen LogP contribution in [-0.4, -0.2) is 16.1 Å². The molecule has 20 heavy (non-hydrogen) atoms. The zero-order chi connectivity index (χ0) is 14.7. The van der Waals surface area contributed by atoms with E-state index in [1.807, 2.05) is 24.3 Å². The number of carboxylic acid groups (broad SMARTS) is 1. The Balaban J connectivity index is 2.45. The number of carboxylic acids is 1. The summed E-state index contributed by atoms with van der Waals surface area (Å²) in [4.78, 5) is 25.3. The Morgan fingerprint density at radius 1 is 1.25 bits per heavy atom. The molecule has 0 aliphatic carbocycles. The lowest BCUT2D eigenvalue weighted by Gasteiger charge is -2.08. The number of aryl methyl sites for hydroxylation is 2. The Morgan fingerprint density at radius 3 is 2.45 bits per heavy atom. The average Bonchev–Trinajstić information content (AvgIpc) is 2.42. The quantitative estimate of drug-likeness (QED) is 0.898. The van der Waals surface area contributed by atoms with Crippen molar-refractivity contribution in [2.45, 2.75) is 26.7 Å². The van der Waals surface area contributed by atoms with Gasteiger partial charge in [0.2, 0.25) is 0 Å². The first-order chi connectivity index (χ1) is 9.52. The number of H-pyrrole nitrogens is 1. The van der Waals surface area contributed by atoms with Crippen LogP contribution in [-0.2, 0) is 6.42 Å². The third-order valence-electron chi connectivity index (χ3n) is 3.25. The molecule has 0 bridgehead atoms. The number of pyridine rings is 1. The molecule has 2 N–H and O–H groups in total. The SMILES string of the molecule is CCCc1ccc(-c2[nH]c(=O)c(C(=O)O)cc2C)cc1. The third kappa shape index (κ3) is 2.79. The van der Waals surface area contributed by atoms with E-state index in [0.717, 1.165) is 24.0 Å². The number of nitrogens with one attached hydrogen (secondary N) is 1. The van der Waals surface area contributed by atoms with Crippen molar-refractivity contribution >= 4 is 5.97 Å². The smallest absolute Gasteiger partial charge is 0.341 e. The molecular formula is C16H17NO3. The second kappa shape index (κ2) is 5.74. The van der Waals surface area contributed by atoms with E-state index in [-0.39, 0.29) is 5.56 Å². The fourth-order valence-electron chi connectivity index (χ4n) is 2.22. The molecule has 0 radical (unpaired) electrons. The van der Waals surface area contributed by atoms with Gasteiger partial charge in [-0.3, -0.25) is 4.79 Å². The Bertz CT molecular complexity index is 684. The predicted octanol–water partition coefficient (Wildman–Crippen LogP) is 3.00. The van der Waals surface area contributed by atoms with E-state index in [1.54, 1.807) is 6.92 Å². The van der Waals surface area contributed by atoms with Crippen molar-refractivity contribution in [2.24, 2.45) is 0 Å². The lowest BCUT2D eigenvalue weighted by Crippen LogP contribution is -2.18. The van der Waals surface area contributed by atoms with Gasteiger partial charge in [-0.05, 0) is 36.1 Å². The molecule has 2 rings (SSSR count). The maximum Gasteiger partial charge on any atom is 0.341 e. The molecule has 0 aliphatic heterocycles. The number of aromatic amines is 1. The molecule has 4 nitrogen and oxygen atoms in total. The van der Waals surface area contributed by atoms with E-state index in [1.165, 1.54) is 11.6 Å². The molecule has 0 amide bonds. The predicted molar refractivity (Wildman–Crippen MR) is 78.2 cm³/mol. The summed E-state index contributed by atoms with van der Waals surface area (Å²) in [7, 11) is 0. The van der Waals surface area contributed by atoms with E-state index in [2.05, 4.69) is 11.9 Å². The van der Waals surface area contributed by atoms with E-state index in [9.17, 15) is 9.59 Å². The topological polar surface area (TPSA) is 70.2 Å². The van der Waals surface area contributed by atoms with Crippen LogP contribution in [0.2, 0.25) is 0 Å². The largest absolute Gasteiger partial charge is 0.477 e. The minimum absolute atomic E-state index is 0.228. The molecule has 1 aromatic heterocycles. The number of benzene rings is 1. The van der Waals surface area contributed by atoms with Gasteiger partial charge in [0.15, 0.2) is 0 Å². The number of hydrogen-bond acceptors (Lipinski definition) is 2. The van der Waals surface area contributed by atoms with Gasteiger partial charge in [0.05, 0.1) is 5.69 Å². The van der Waals surface area contributed by atoms with E-state index < -0.39 is 11.5 Å². The Hall–Kier alpha value is -2.36. The number of carbonyl (C=O) groups is 1. The highest BCUT2D eigenvalue weighted by Gasteiger charge is 2.12. The number of aromatic carboxylic acids is 1. The summed E-state index contributed by atoms with van der Waals surface area (Å²) < 4.78 is 0. The summed E-state index contributed by atoms with van der Waals surface area (Å²) >= 11 is 0. The minimum atomic E-state index is -1.21. The highest BCUT2D eigenvalue weighted by molar-refractivity contribution is 5.88. The molecule has 0 spiro atoms. The van der Waals surface area contributed by atoms with Crippen molar-refractivity contribution < 1.29 is 9.90 Å². The maximum absolute atomic E-state index is 11.7. The normalized spacial score (nSPS) is 10.5. The van der Waals surface area contributed by atoms with Crippen LogP contribution in [0.25, 0.3) is 11.3 Å². The van der Waals surface area contributed by atoms with E-state index in [4.69, 9.17) is 5.11 Å². The molecule has 0 atom stereocenters. The summed E-state index contributed by atoms with van der Waals surface area (Å²) in [5.41, 5.74) is 2.74. The average molecular weight is 271 g/mol. The van der Waals surface area contributed by atoms with Gasteiger partial charge >= 0.3 is 5.97 Å². The van der Waals surface area contributed by atoms with Crippen LogP contribution in [0.15, 0.2) is 35.1 Å². The van der Waals surface area contributed by atoms with Crippen molar-refractivity contribution in [3.8, 4) is 11.3 Å². The number of rotatable bonds is 4. The number of hydrogen-bond donors (Lipinski definition) is 2. The summed E-state index contributed by atoms with van der Waals surface area (Å²) in [6.07, 6.45) is 2.11. The Labute approximate surface area is 117 Å². The van der Waals surface area contributed by atoms with Gasteiger partial charge in [0.1, 0.15) is 5.56 Å². The first-order valence-electron chi connectivity index (χ1n) is 6.59. The van der Waals surface area contributed by atoms with Gasteiger partial charge in [-0.15, -0.1) is 0 Å². The Kier molecular flexibility index (Phi) is 4.03. The van der Waals surface area contributed by atoms with Gasteiger partial charge < -0.3 is 10.1 Å². The zero-order valence-corrected chi connectivity index (χ0v) is 11.6. The van der Waals surface area contributed by atoms with Gasteiger partial charge in [-0.1, -0.05) is 37.6 Å². The van der Waals surface area contributed by atoms with Crippen LogP contribution in [0.5, 0.6) is 0 Å². The van der Waals surface area contributed by atoms with Crippen molar-refractivity contribution in [1.82, 2.24) is 4.98 Å². The van der Waals surface area contributed by atoms with Crippen LogP contribution in [0, 0.1) is 6.92 Å². The molecule has 0 unspecified atom stereocenters. The summed E-state index contributed by atoms with van der Waals surface area (Å²) in [5.74, 6) is -1.21. The standard InChI is InChI=1S/C16H17NO3/c1-3-4-11-5-7-12(8-6-11)14-10(2)9-13(16(19)20)15(18)17-14/h5-9H,3-4H2,1-2H3,(H,17,18)(H,19,20). The fraction of sp³-hybridized carbons (Fsp3) is 0.250. The van der Waals surface area contributed by atoms with E-state index in [0.29, 0.717) is 5.69 Å². The molecule has 4 heteroatoms. The summed E-state index contributed by atoms with van der Waals surface area (Å²) in [6.45, 7) is 3.91. The van der Waals surface area contributed by atoms with Crippen LogP contribution in [0.1, 0.15) is 34.8 Å². The Morgan fingerprint density at radius 2 is 1.90 bits per heavy atom. The van der Waals surface area contributed by atoms with E-state index >= 15 is 0 Å². The van der Waals surface area contributed by atoms with Crippen LogP contribution in [0.4, 0.5) is 0 Å². The molecule has 1 heterocycles. The highest BCUT2D eigenvalue weighted by Crippen LogP contribution is 2.21. The lowest BCUT2D eigenvalue weighted by atomic mass is 10.0. The van der Waals surface area contributed by atoms with Crippen molar-refractivity contribution in [3.63, 3.8) is 0 Å². The van der Waals surface area contributed by atoms with Gasteiger partial charge in [0.25, 0.3) is 5.56 Å². The van der Waals surface area contributed by atoms with Gasteiger partial charge in [-0.2, -0.15) is 0 Å². The summed E-state index contributed by atoms with van der Waals surface area (Å²) in [5, 5.41) is 8.93. The van der Waals surface area contributed by atoms with Gasteiger partial charge in [-0.25, -0.2) is 4.79 Å². The maximum atomic E-state index is 11.7. The third-order valence-corrected chi connectivity index (χ3v) is 3.25. The monoisotopic (exact) mass is 271 g/mol. The molecule has 0 aliphatic rings. The summed E-state index contributed by atoms with van der Waals surface area (Å²) in [6, 6.07) is 9.37. The molecule has 104 valence electrons. The minimum Gasteiger partial charge on any atom is -0.477 e. The molecule has 0 saturated heterocycles. The highest BCUT2D eigenvalue weighted by atomic mass is 16.4. The molecule has 1 aromatic carbocycles. The zero-order valence-electron chi connectivity index (χ0n) is 11.6. The second-order valence-electron chi connectivity index (χ2n) is 4.82. The van der Waals surface area contributed by atoms with Crippen molar-refractivity contribution in [3.05, 3.63) is 57.4 Å². The van der Waals surface area contributed by atoms with Crippen LogP contribution in [0.3, 0.4) is 0 Å².